The van der Waals surface area contributed by atoms with E-state index in [1.165, 1.54) is 231 Å². The molecule has 0 amide bonds. The Hall–Kier alpha value is -1.85. The third kappa shape index (κ3) is 53.0. The number of unbranched alkanes of at least 4 members (excludes halogenated alkanes) is 41. The number of hydrogen-bond acceptors (Lipinski definition) is 6. The van der Waals surface area contributed by atoms with Crippen LogP contribution in [0.3, 0.4) is 0 Å². The van der Waals surface area contributed by atoms with Crippen molar-refractivity contribution in [1.29, 1.82) is 0 Å². The van der Waals surface area contributed by atoms with Gasteiger partial charge in [-0.2, -0.15) is 0 Å². The monoisotopic (exact) mass is 917 g/mol. The molecule has 6 heteroatoms. The predicted octanol–water partition coefficient (Wildman–Crippen LogP) is 19.3. The summed E-state index contributed by atoms with van der Waals surface area (Å²) in [5.41, 5.74) is 0. The van der Waals surface area contributed by atoms with E-state index in [1.807, 2.05) is 0 Å². The zero-order chi connectivity index (χ0) is 47.2. The minimum absolute atomic E-state index is 0.0657. The third-order valence-electron chi connectivity index (χ3n) is 13.3. The van der Waals surface area contributed by atoms with Gasteiger partial charge < -0.3 is 14.2 Å². The summed E-state index contributed by atoms with van der Waals surface area (Å²) in [4.78, 5) is 38.1. The van der Waals surface area contributed by atoms with Crippen LogP contribution in [0.2, 0.25) is 0 Å². The number of rotatable bonds is 54. The molecule has 0 aromatic heterocycles. The second-order valence-electron chi connectivity index (χ2n) is 19.9. The van der Waals surface area contributed by atoms with Crippen molar-refractivity contribution in [3.8, 4) is 0 Å². The summed E-state index contributed by atoms with van der Waals surface area (Å²) in [7, 11) is 0. The van der Waals surface area contributed by atoms with Crippen LogP contribution < -0.4 is 0 Å². The van der Waals surface area contributed by atoms with Gasteiger partial charge in [0.25, 0.3) is 0 Å². The number of carbonyl (C=O) groups excluding carboxylic acids is 3. The Morgan fingerprint density at radius 1 is 0.292 bits per heavy atom. The van der Waals surface area contributed by atoms with Crippen molar-refractivity contribution < 1.29 is 28.6 Å². The molecule has 1 atom stereocenters. The van der Waals surface area contributed by atoms with Gasteiger partial charge in [-0.15, -0.1) is 0 Å². The summed E-state index contributed by atoms with van der Waals surface area (Å²) in [5, 5.41) is 0. The second-order valence-corrected chi connectivity index (χ2v) is 19.9. The molecule has 0 N–H and O–H groups in total. The van der Waals surface area contributed by atoms with E-state index in [0.29, 0.717) is 19.3 Å². The van der Waals surface area contributed by atoms with Crippen LogP contribution in [0.5, 0.6) is 0 Å². The van der Waals surface area contributed by atoms with E-state index in [2.05, 4.69) is 32.9 Å². The lowest BCUT2D eigenvalue weighted by atomic mass is 10.0. The zero-order valence-electron chi connectivity index (χ0n) is 44.0. The van der Waals surface area contributed by atoms with E-state index in [1.54, 1.807) is 0 Å². The van der Waals surface area contributed by atoms with E-state index >= 15 is 0 Å². The van der Waals surface area contributed by atoms with Gasteiger partial charge in [-0.05, 0) is 44.9 Å². The molecule has 0 aromatic rings. The fraction of sp³-hybridized carbons (Fsp3) is 0.915. The number of allylic oxidation sites excluding steroid dienone is 2. The second kappa shape index (κ2) is 54.8. The van der Waals surface area contributed by atoms with E-state index in [4.69, 9.17) is 14.2 Å². The molecule has 0 heterocycles. The molecule has 0 spiro atoms. The third-order valence-corrected chi connectivity index (χ3v) is 13.3. The summed E-state index contributed by atoms with van der Waals surface area (Å²) in [6, 6.07) is 0. The lowest BCUT2D eigenvalue weighted by Crippen LogP contribution is -2.30. The topological polar surface area (TPSA) is 78.9 Å². The number of ether oxygens (including phenoxy) is 3. The Labute approximate surface area is 405 Å². The zero-order valence-corrected chi connectivity index (χ0v) is 44.0. The summed E-state index contributed by atoms with van der Waals surface area (Å²) in [6.07, 6.45) is 62.0. The van der Waals surface area contributed by atoms with Gasteiger partial charge in [0.1, 0.15) is 13.2 Å². The van der Waals surface area contributed by atoms with E-state index in [-0.39, 0.29) is 31.1 Å². The first-order valence-corrected chi connectivity index (χ1v) is 29.2. The van der Waals surface area contributed by atoms with E-state index < -0.39 is 6.10 Å². The van der Waals surface area contributed by atoms with Crippen molar-refractivity contribution >= 4 is 17.9 Å². The van der Waals surface area contributed by atoms with Gasteiger partial charge in [-0.3, -0.25) is 14.4 Å². The van der Waals surface area contributed by atoms with Crippen LogP contribution in [0.15, 0.2) is 12.2 Å². The highest BCUT2D eigenvalue weighted by atomic mass is 16.6. The molecule has 65 heavy (non-hydrogen) atoms. The molecular formula is C59H112O6. The molecule has 0 rings (SSSR count). The molecule has 0 bridgehead atoms. The first-order valence-electron chi connectivity index (χ1n) is 29.2. The fourth-order valence-electron chi connectivity index (χ4n) is 8.85. The summed E-state index contributed by atoms with van der Waals surface area (Å²) in [5.74, 6) is -0.846. The minimum atomic E-state index is -0.766. The maximum Gasteiger partial charge on any atom is 0.306 e. The van der Waals surface area contributed by atoms with Gasteiger partial charge in [-0.25, -0.2) is 0 Å². The average molecular weight is 918 g/mol. The van der Waals surface area contributed by atoms with Crippen LogP contribution in [0.1, 0.15) is 329 Å². The maximum atomic E-state index is 12.8. The minimum Gasteiger partial charge on any atom is -0.462 e. The van der Waals surface area contributed by atoms with Crippen molar-refractivity contribution in [2.75, 3.05) is 13.2 Å². The molecule has 0 aromatic carbocycles. The van der Waals surface area contributed by atoms with Crippen molar-refractivity contribution in [2.45, 2.75) is 335 Å². The van der Waals surface area contributed by atoms with Gasteiger partial charge in [0.2, 0.25) is 0 Å². The van der Waals surface area contributed by atoms with E-state index in [9.17, 15) is 14.4 Å². The largest absolute Gasteiger partial charge is 0.462 e. The first kappa shape index (κ1) is 63.1. The van der Waals surface area contributed by atoms with Crippen LogP contribution in [0.25, 0.3) is 0 Å². The standard InChI is InChI=1S/C59H112O6/c1-4-7-10-13-16-19-22-25-27-29-31-32-34-37-40-43-46-49-52-58(61)64-55-56(54-63-57(60)51-48-45-42-39-36-24-21-18-15-12-9-6-3)65-59(62)53-50-47-44-41-38-35-33-30-28-26-23-20-17-14-11-8-5-2/h26,28,56H,4-25,27,29-55H2,1-3H3/b28-26-/t56-/m1/s1. The Bertz CT molecular complexity index is 1010. The Balaban J connectivity index is 4.29. The predicted molar refractivity (Wildman–Crippen MR) is 280 cm³/mol. The molecule has 6 nitrogen and oxygen atoms in total. The molecule has 0 radical (unpaired) electrons. The molecule has 0 saturated carbocycles. The van der Waals surface area contributed by atoms with Crippen molar-refractivity contribution in [3.63, 3.8) is 0 Å². The lowest BCUT2D eigenvalue weighted by Gasteiger charge is -2.18. The van der Waals surface area contributed by atoms with Crippen LogP contribution in [-0.4, -0.2) is 37.2 Å². The number of hydrogen-bond donors (Lipinski definition) is 0. The summed E-state index contributed by atoms with van der Waals surface area (Å²) in [6.45, 7) is 6.69. The molecule has 0 unspecified atom stereocenters. The first-order chi connectivity index (χ1) is 32.0. The molecule has 384 valence electrons. The fourth-order valence-corrected chi connectivity index (χ4v) is 8.85. The molecule has 0 aliphatic rings. The Morgan fingerprint density at radius 2 is 0.508 bits per heavy atom. The Kier molecular flexibility index (Phi) is 53.2. The summed E-state index contributed by atoms with van der Waals surface area (Å²) >= 11 is 0. The SMILES string of the molecule is CCCCCCCC/C=C\CCCCCCCCCC(=O)O[C@H](COC(=O)CCCCCCCCCCCCCC)COC(=O)CCCCCCCCCCCCCCCCCCCC. The maximum absolute atomic E-state index is 12.8. The van der Waals surface area contributed by atoms with E-state index in [0.717, 1.165) is 57.8 Å². The van der Waals surface area contributed by atoms with Crippen LogP contribution >= 0.6 is 0 Å². The number of esters is 3. The normalized spacial score (nSPS) is 12.0. The molecule has 0 fully saturated rings. The highest BCUT2D eigenvalue weighted by Gasteiger charge is 2.19. The van der Waals surface area contributed by atoms with Gasteiger partial charge in [0.15, 0.2) is 6.10 Å². The van der Waals surface area contributed by atoms with Gasteiger partial charge in [0, 0.05) is 19.3 Å². The highest BCUT2D eigenvalue weighted by Crippen LogP contribution is 2.17. The van der Waals surface area contributed by atoms with Gasteiger partial charge >= 0.3 is 17.9 Å². The van der Waals surface area contributed by atoms with Crippen LogP contribution in [-0.2, 0) is 28.6 Å². The molecule has 0 saturated heterocycles. The highest BCUT2D eigenvalue weighted by molar-refractivity contribution is 5.71. The number of carbonyl (C=O) groups is 3. The quantitative estimate of drug-likeness (QED) is 0.0262. The average Bonchev–Trinajstić information content (AvgIpc) is 3.30. The molecule has 0 aliphatic heterocycles. The van der Waals surface area contributed by atoms with Crippen molar-refractivity contribution in [1.82, 2.24) is 0 Å². The Morgan fingerprint density at radius 3 is 0.769 bits per heavy atom. The van der Waals surface area contributed by atoms with Crippen molar-refractivity contribution in [2.24, 2.45) is 0 Å². The molecular weight excluding hydrogens is 805 g/mol. The van der Waals surface area contributed by atoms with Crippen LogP contribution in [0.4, 0.5) is 0 Å². The summed E-state index contributed by atoms with van der Waals surface area (Å²) < 4.78 is 16.9. The molecule has 0 aliphatic carbocycles. The van der Waals surface area contributed by atoms with Crippen molar-refractivity contribution in [3.05, 3.63) is 12.2 Å². The van der Waals surface area contributed by atoms with Gasteiger partial charge in [0.05, 0.1) is 0 Å². The lowest BCUT2D eigenvalue weighted by molar-refractivity contribution is -0.167. The smallest absolute Gasteiger partial charge is 0.306 e. The van der Waals surface area contributed by atoms with Crippen LogP contribution in [0, 0.1) is 0 Å². The van der Waals surface area contributed by atoms with Gasteiger partial charge in [-0.1, -0.05) is 277 Å².